The van der Waals surface area contributed by atoms with Crippen LogP contribution < -0.4 is 5.32 Å². The lowest BCUT2D eigenvalue weighted by atomic mass is 9.68. The van der Waals surface area contributed by atoms with Crippen molar-refractivity contribution in [2.45, 2.75) is 39.5 Å². The number of benzene rings is 1. The normalized spacial score (nSPS) is 26.2. The summed E-state index contributed by atoms with van der Waals surface area (Å²) in [5.74, 6) is -0.336. The van der Waals surface area contributed by atoms with E-state index in [1.807, 2.05) is 32.0 Å². The molecule has 2 rings (SSSR count). The molecule has 0 bridgehead atoms. The molecule has 0 spiro atoms. The molecule has 1 aromatic carbocycles. The van der Waals surface area contributed by atoms with Gasteiger partial charge in [-0.25, -0.2) is 4.79 Å². The first-order valence-electron chi connectivity index (χ1n) is 7.08. The second-order valence-electron chi connectivity index (χ2n) is 5.16. The summed E-state index contributed by atoms with van der Waals surface area (Å²) in [4.78, 5) is 11.0. The Balaban J connectivity index is 0.000000861. The smallest absolute Gasteiger partial charge is 0.335 e. The van der Waals surface area contributed by atoms with Gasteiger partial charge < -0.3 is 10.4 Å². The molecule has 0 unspecified atom stereocenters. The number of hydrogen-bond donors (Lipinski definition) is 2. The number of carboxylic acids is 1. The largest absolute Gasteiger partial charge is 0.478 e. The summed E-state index contributed by atoms with van der Waals surface area (Å²) in [6.45, 7) is 10.4. The van der Waals surface area contributed by atoms with Gasteiger partial charge in [-0.1, -0.05) is 39.8 Å². The van der Waals surface area contributed by atoms with Crippen molar-refractivity contribution in [2.75, 3.05) is 13.1 Å². The fraction of sp³-hybridized carbons (Fsp3) is 0.562. The van der Waals surface area contributed by atoms with E-state index in [0.717, 1.165) is 25.1 Å². The van der Waals surface area contributed by atoms with Crippen LogP contribution in [-0.2, 0) is 5.41 Å². The molecule has 1 aliphatic rings. The topological polar surface area (TPSA) is 49.3 Å². The third-order valence-electron chi connectivity index (χ3n) is 4.13. The average molecular weight is 263 g/mol. The second kappa shape index (κ2) is 6.71. The Morgan fingerprint density at radius 3 is 2.68 bits per heavy atom. The maximum Gasteiger partial charge on any atom is 0.335 e. The second-order valence-corrected chi connectivity index (χ2v) is 5.16. The van der Waals surface area contributed by atoms with Crippen LogP contribution in [0.25, 0.3) is 0 Å². The molecule has 2 atom stereocenters. The minimum Gasteiger partial charge on any atom is -0.478 e. The zero-order valence-corrected chi connectivity index (χ0v) is 12.4. The molecule has 1 aliphatic heterocycles. The van der Waals surface area contributed by atoms with E-state index in [1.165, 1.54) is 0 Å². The van der Waals surface area contributed by atoms with Gasteiger partial charge in [-0.05, 0) is 48.5 Å². The molecule has 106 valence electrons. The van der Waals surface area contributed by atoms with E-state index in [-0.39, 0.29) is 5.41 Å². The Kier molecular flexibility index (Phi) is 5.55. The number of aromatic carboxylic acids is 1. The lowest BCUT2D eigenvalue weighted by Crippen LogP contribution is -2.44. The number of piperidine rings is 1. The Labute approximate surface area is 116 Å². The molecule has 2 N–H and O–H groups in total. The van der Waals surface area contributed by atoms with Crippen LogP contribution in [0.1, 0.15) is 50.0 Å². The fourth-order valence-corrected chi connectivity index (χ4v) is 2.57. The highest BCUT2D eigenvalue weighted by Gasteiger charge is 2.35. The molecule has 19 heavy (non-hydrogen) atoms. The van der Waals surface area contributed by atoms with Crippen molar-refractivity contribution < 1.29 is 9.90 Å². The molecule has 1 saturated heterocycles. The zero-order valence-electron chi connectivity index (χ0n) is 12.4. The Morgan fingerprint density at radius 2 is 2.11 bits per heavy atom. The minimum absolute atomic E-state index is 0.0801. The van der Waals surface area contributed by atoms with Gasteiger partial charge in [0.15, 0.2) is 0 Å². The number of hydrogen-bond acceptors (Lipinski definition) is 2. The zero-order chi connectivity index (χ0) is 14.5. The van der Waals surface area contributed by atoms with Gasteiger partial charge >= 0.3 is 5.97 Å². The Morgan fingerprint density at radius 1 is 1.42 bits per heavy atom. The van der Waals surface area contributed by atoms with E-state index in [1.54, 1.807) is 6.07 Å². The van der Waals surface area contributed by atoms with Crippen molar-refractivity contribution in [1.29, 1.82) is 0 Å². The van der Waals surface area contributed by atoms with Crippen LogP contribution >= 0.6 is 0 Å². The van der Waals surface area contributed by atoms with E-state index in [4.69, 9.17) is 5.11 Å². The summed E-state index contributed by atoms with van der Waals surface area (Å²) in [5.41, 5.74) is 1.61. The van der Waals surface area contributed by atoms with Gasteiger partial charge in [0.1, 0.15) is 0 Å². The Hall–Kier alpha value is -1.35. The first-order valence-corrected chi connectivity index (χ1v) is 7.08. The first kappa shape index (κ1) is 15.7. The van der Waals surface area contributed by atoms with Gasteiger partial charge in [0.2, 0.25) is 0 Å². The summed E-state index contributed by atoms with van der Waals surface area (Å²) >= 11 is 0. The molecule has 1 heterocycles. The Bertz CT molecular complexity index is 431. The van der Waals surface area contributed by atoms with Gasteiger partial charge in [-0.15, -0.1) is 0 Å². The van der Waals surface area contributed by atoms with Crippen molar-refractivity contribution >= 4 is 5.97 Å². The molecular weight excluding hydrogens is 238 g/mol. The van der Waals surface area contributed by atoms with Crippen molar-refractivity contribution in [1.82, 2.24) is 5.32 Å². The van der Waals surface area contributed by atoms with E-state index >= 15 is 0 Å². The van der Waals surface area contributed by atoms with Crippen LogP contribution in [0.5, 0.6) is 0 Å². The summed E-state index contributed by atoms with van der Waals surface area (Å²) in [7, 11) is 0. The highest BCUT2D eigenvalue weighted by molar-refractivity contribution is 5.87. The molecule has 1 aromatic rings. The summed E-state index contributed by atoms with van der Waals surface area (Å²) in [5, 5.41) is 12.4. The summed E-state index contributed by atoms with van der Waals surface area (Å²) in [6.07, 6.45) is 1.05. The van der Waals surface area contributed by atoms with Crippen molar-refractivity contribution in [3.05, 3.63) is 35.4 Å². The average Bonchev–Trinajstić information content (AvgIpc) is 2.44. The molecule has 0 saturated carbocycles. The molecule has 0 amide bonds. The standard InChI is InChI=1S/C14H19NO2.C2H6/c1-10-9-15-7-6-14(10,2)12-5-3-4-11(8-12)13(16)17;1-2/h3-5,8,10,15H,6-7,9H2,1-2H3,(H,16,17);1-2H3/t10-,14+;/m0./s1. The van der Waals surface area contributed by atoms with Crippen LogP contribution in [0, 0.1) is 5.92 Å². The molecule has 0 aromatic heterocycles. The lowest BCUT2D eigenvalue weighted by molar-refractivity contribution is 0.0696. The highest BCUT2D eigenvalue weighted by atomic mass is 16.4. The van der Waals surface area contributed by atoms with Crippen LogP contribution in [0.2, 0.25) is 0 Å². The molecule has 3 heteroatoms. The maximum atomic E-state index is 11.0. The molecule has 3 nitrogen and oxygen atoms in total. The number of carbonyl (C=O) groups is 1. The van der Waals surface area contributed by atoms with Crippen molar-refractivity contribution in [2.24, 2.45) is 5.92 Å². The molecule has 1 fully saturated rings. The van der Waals surface area contributed by atoms with Gasteiger partial charge in [-0.3, -0.25) is 0 Å². The number of rotatable bonds is 2. The van der Waals surface area contributed by atoms with Gasteiger partial charge in [-0.2, -0.15) is 0 Å². The third kappa shape index (κ3) is 3.35. The van der Waals surface area contributed by atoms with E-state index in [0.29, 0.717) is 11.5 Å². The van der Waals surface area contributed by atoms with Crippen LogP contribution in [-0.4, -0.2) is 24.2 Å². The number of nitrogens with one attached hydrogen (secondary N) is 1. The lowest BCUT2D eigenvalue weighted by Gasteiger charge is -2.40. The van der Waals surface area contributed by atoms with Crippen LogP contribution in [0.4, 0.5) is 0 Å². The SMILES string of the molecule is CC.C[C@H]1CNCC[C@@]1(C)c1cccc(C(=O)O)c1. The van der Waals surface area contributed by atoms with E-state index in [2.05, 4.69) is 19.2 Å². The third-order valence-corrected chi connectivity index (χ3v) is 4.13. The quantitative estimate of drug-likeness (QED) is 0.860. The van der Waals surface area contributed by atoms with E-state index < -0.39 is 5.97 Å². The summed E-state index contributed by atoms with van der Waals surface area (Å²) in [6, 6.07) is 7.37. The van der Waals surface area contributed by atoms with E-state index in [9.17, 15) is 4.79 Å². The molecule has 0 radical (unpaired) electrons. The summed E-state index contributed by atoms with van der Waals surface area (Å²) < 4.78 is 0. The number of carboxylic acid groups (broad SMARTS) is 1. The highest BCUT2D eigenvalue weighted by Crippen LogP contribution is 2.37. The van der Waals surface area contributed by atoms with Gasteiger partial charge in [0, 0.05) is 0 Å². The van der Waals surface area contributed by atoms with Crippen molar-refractivity contribution in [3.63, 3.8) is 0 Å². The van der Waals surface area contributed by atoms with Gasteiger partial charge in [0.25, 0.3) is 0 Å². The molecular formula is C16H25NO2. The minimum atomic E-state index is -0.850. The predicted octanol–water partition coefficient (Wildman–Crippen LogP) is 3.30. The monoisotopic (exact) mass is 263 g/mol. The van der Waals surface area contributed by atoms with Crippen LogP contribution in [0.15, 0.2) is 24.3 Å². The molecule has 0 aliphatic carbocycles. The van der Waals surface area contributed by atoms with Gasteiger partial charge in [0.05, 0.1) is 5.56 Å². The maximum absolute atomic E-state index is 11.0. The first-order chi connectivity index (χ1) is 9.04. The van der Waals surface area contributed by atoms with Crippen molar-refractivity contribution in [3.8, 4) is 0 Å². The fourth-order valence-electron chi connectivity index (χ4n) is 2.57. The predicted molar refractivity (Wildman–Crippen MR) is 78.8 cm³/mol. The van der Waals surface area contributed by atoms with Crippen LogP contribution in [0.3, 0.4) is 0 Å².